The lowest BCUT2D eigenvalue weighted by atomic mass is 10.1. The first-order valence-corrected chi connectivity index (χ1v) is 9.02. The molecule has 5 heteroatoms. The van der Waals surface area contributed by atoms with E-state index in [1.807, 2.05) is 6.07 Å². The highest BCUT2D eigenvalue weighted by Crippen LogP contribution is 2.41. The Hall–Kier alpha value is -1.20. The van der Waals surface area contributed by atoms with E-state index < -0.39 is 0 Å². The predicted octanol–water partition coefficient (Wildman–Crippen LogP) is 4.11. The van der Waals surface area contributed by atoms with Crippen LogP contribution in [0.25, 0.3) is 11.1 Å². The molecule has 1 fully saturated rings. The van der Waals surface area contributed by atoms with Gasteiger partial charge in [0, 0.05) is 23.6 Å². The molecule has 2 aromatic rings. The van der Waals surface area contributed by atoms with E-state index in [-0.39, 0.29) is 0 Å². The van der Waals surface area contributed by atoms with Crippen molar-refractivity contribution < 1.29 is 0 Å². The summed E-state index contributed by atoms with van der Waals surface area (Å²) < 4.78 is 4.77. The summed E-state index contributed by atoms with van der Waals surface area (Å²) >= 11 is 3.59. The van der Waals surface area contributed by atoms with Crippen molar-refractivity contribution >= 4 is 34.1 Å². The third-order valence-electron chi connectivity index (χ3n) is 3.89. The molecule has 0 spiro atoms. The van der Waals surface area contributed by atoms with Gasteiger partial charge in [0.15, 0.2) is 0 Å². The van der Waals surface area contributed by atoms with Crippen LogP contribution >= 0.6 is 23.3 Å². The minimum Gasteiger partial charge on any atom is -0.382 e. The average Bonchev–Trinajstić information content (AvgIpc) is 2.75. The molecule has 1 aliphatic rings. The van der Waals surface area contributed by atoms with E-state index in [4.69, 9.17) is 5.73 Å². The van der Waals surface area contributed by atoms with Crippen molar-refractivity contribution in [3.8, 4) is 11.1 Å². The maximum Gasteiger partial charge on any atom is 0.147 e. The number of nitrogens with zero attached hydrogens (tertiary/aromatic N) is 2. The summed E-state index contributed by atoms with van der Waals surface area (Å²) in [5.74, 6) is 1.80. The number of anilines is 2. The fourth-order valence-corrected chi connectivity index (χ4v) is 4.60. The number of hydrogen-bond donors (Lipinski definition) is 1. The lowest BCUT2D eigenvalue weighted by molar-refractivity contribution is 0.639. The lowest BCUT2D eigenvalue weighted by Crippen LogP contribution is -2.26. The van der Waals surface area contributed by atoms with Gasteiger partial charge in [-0.25, -0.2) is 0 Å². The first kappa shape index (κ1) is 14.7. The average molecular weight is 319 g/mol. The molecule has 0 radical (unpaired) electrons. The summed E-state index contributed by atoms with van der Waals surface area (Å²) in [6, 6.07) is 10.4. The third-order valence-corrected chi connectivity index (χ3v) is 6.18. The smallest absolute Gasteiger partial charge is 0.147 e. The topological polar surface area (TPSA) is 42.2 Å². The highest BCUT2D eigenvalue weighted by molar-refractivity contribution is 8.00. The lowest BCUT2D eigenvalue weighted by Gasteiger charge is -2.23. The van der Waals surface area contributed by atoms with Crippen LogP contribution in [0.3, 0.4) is 0 Å². The Morgan fingerprint density at radius 3 is 2.71 bits per heavy atom. The van der Waals surface area contributed by atoms with Gasteiger partial charge in [-0.3, -0.25) is 0 Å². The molecule has 2 heterocycles. The summed E-state index contributed by atoms with van der Waals surface area (Å²) in [6.07, 6.45) is 1.18. The van der Waals surface area contributed by atoms with Gasteiger partial charge >= 0.3 is 0 Å². The largest absolute Gasteiger partial charge is 0.382 e. The van der Waals surface area contributed by atoms with Crippen LogP contribution < -0.4 is 10.6 Å². The van der Waals surface area contributed by atoms with Crippen molar-refractivity contribution in [2.24, 2.45) is 0 Å². The summed E-state index contributed by atoms with van der Waals surface area (Å²) in [4.78, 5) is 2.46. The zero-order valence-corrected chi connectivity index (χ0v) is 14.1. The molecule has 0 bridgehead atoms. The number of rotatable bonds is 2. The number of nitrogen functional groups attached to an aromatic ring is 1. The van der Waals surface area contributed by atoms with Crippen molar-refractivity contribution in [2.75, 3.05) is 29.5 Å². The molecular weight excluding hydrogens is 298 g/mol. The molecule has 1 aliphatic heterocycles. The van der Waals surface area contributed by atoms with Crippen LogP contribution in [0.1, 0.15) is 20.3 Å². The van der Waals surface area contributed by atoms with Crippen molar-refractivity contribution in [3.05, 3.63) is 30.3 Å². The molecule has 112 valence electrons. The highest BCUT2D eigenvalue weighted by Gasteiger charge is 2.26. The number of thioether (sulfide) groups is 1. The Kier molecular flexibility index (Phi) is 4.13. The first-order chi connectivity index (χ1) is 10.1. The van der Waals surface area contributed by atoms with E-state index in [0.717, 1.165) is 30.0 Å². The summed E-state index contributed by atoms with van der Waals surface area (Å²) in [5, 5.41) is 1.22. The summed E-state index contributed by atoms with van der Waals surface area (Å²) in [7, 11) is 0. The number of aromatic nitrogens is 1. The molecule has 0 saturated carbocycles. The van der Waals surface area contributed by atoms with Gasteiger partial charge < -0.3 is 10.6 Å². The van der Waals surface area contributed by atoms with Gasteiger partial charge in [-0.2, -0.15) is 16.1 Å². The van der Waals surface area contributed by atoms with Crippen LogP contribution in [0.5, 0.6) is 0 Å². The first-order valence-electron chi connectivity index (χ1n) is 7.26. The number of hydrogen-bond acceptors (Lipinski definition) is 5. The maximum absolute atomic E-state index is 6.14. The Morgan fingerprint density at radius 1 is 1.19 bits per heavy atom. The Labute approximate surface area is 134 Å². The molecule has 1 aromatic carbocycles. The predicted molar refractivity (Wildman–Crippen MR) is 95.3 cm³/mol. The van der Waals surface area contributed by atoms with Gasteiger partial charge in [0.1, 0.15) is 10.8 Å². The van der Waals surface area contributed by atoms with Crippen LogP contribution in [-0.4, -0.2) is 28.0 Å². The summed E-state index contributed by atoms with van der Waals surface area (Å²) in [5.41, 5.74) is 8.40. The Balaban J connectivity index is 1.93. The Bertz CT molecular complexity index is 607. The fourth-order valence-electron chi connectivity index (χ4n) is 2.61. The van der Waals surface area contributed by atoms with E-state index in [1.54, 1.807) is 0 Å². The van der Waals surface area contributed by atoms with Crippen molar-refractivity contribution in [3.63, 3.8) is 0 Å². The van der Waals surface area contributed by atoms with Gasteiger partial charge in [0.05, 0.1) is 5.56 Å². The second-order valence-electron chi connectivity index (χ2n) is 5.96. The molecule has 0 amide bonds. The molecule has 21 heavy (non-hydrogen) atoms. The number of benzene rings is 1. The van der Waals surface area contributed by atoms with E-state index in [1.165, 1.54) is 23.0 Å². The van der Waals surface area contributed by atoms with E-state index >= 15 is 0 Å². The molecule has 0 unspecified atom stereocenters. The van der Waals surface area contributed by atoms with E-state index in [2.05, 4.69) is 59.1 Å². The van der Waals surface area contributed by atoms with Crippen LogP contribution in [0.4, 0.5) is 10.8 Å². The highest BCUT2D eigenvalue weighted by atomic mass is 32.2. The van der Waals surface area contributed by atoms with E-state index in [9.17, 15) is 0 Å². The minimum absolute atomic E-state index is 0.359. The van der Waals surface area contributed by atoms with Gasteiger partial charge in [-0.15, -0.1) is 0 Å². The summed E-state index contributed by atoms with van der Waals surface area (Å²) in [6.45, 7) is 6.80. The second-order valence-corrected chi connectivity index (χ2v) is 8.51. The molecule has 0 aliphatic carbocycles. The molecule has 2 N–H and O–H groups in total. The quantitative estimate of drug-likeness (QED) is 0.904. The normalized spacial score (nSPS) is 18.5. The molecule has 3 nitrogen and oxygen atoms in total. The molecule has 1 saturated heterocycles. The van der Waals surface area contributed by atoms with Crippen LogP contribution in [0.15, 0.2) is 30.3 Å². The Morgan fingerprint density at radius 2 is 1.95 bits per heavy atom. The van der Waals surface area contributed by atoms with Gasteiger partial charge in [0.25, 0.3) is 0 Å². The monoisotopic (exact) mass is 319 g/mol. The van der Waals surface area contributed by atoms with Crippen LogP contribution in [-0.2, 0) is 0 Å². The zero-order chi connectivity index (χ0) is 14.9. The van der Waals surface area contributed by atoms with Gasteiger partial charge in [-0.05, 0) is 23.5 Å². The van der Waals surface area contributed by atoms with Gasteiger partial charge in [-0.1, -0.05) is 44.2 Å². The van der Waals surface area contributed by atoms with Crippen LogP contribution in [0.2, 0.25) is 0 Å². The van der Waals surface area contributed by atoms with Gasteiger partial charge in [0.2, 0.25) is 0 Å². The minimum atomic E-state index is 0.359. The fraction of sp³-hybridized carbons (Fsp3) is 0.438. The molecular formula is C16H21N3S2. The van der Waals surface area contributed by atoms with Crippen LogP contribution in [0, 0.1) is 0 Å². The zero-order valence-electron chi connectivity index (χ0n) is 12.5. The van der Waals surface area contributed by atoms with Crippen molar-refractivity contribution in [2.45, 2.75) is 25.0 Å². The second kappa shape index (κ2) is 5.89. The third kappa shape index (κ3) is 3.19. The number of nitrogens with two attached hydrogens (primary N) is 1. The maximum atomic E-state index is 6.14. The molecule has 0 atom stereocenters. The van der Waals surface area contributed by atoms with Crippen molar-refractivity contribution in [1.29, 1.82) is 0 Å². The van der Waals surface area contributed by atoms with E-state index in [0.29, 0.717) is 10.6 Å². The molecule has 3 rings (SSSR count). The standard InChI is InChI=1S/C16H21N3S2/c1-16(2)8-9-19(10-11-20-16)15-13(14(17)18-21-15)12-6-4-3-5-7-12/h3-7H,8-11H2,1-2H3,(H2,17,18). The molecule has 1 aromatic heterocycles. The SMILES string of the molecule is CC1(C)CCN(c2snc(N)c2-c2ccccc2)CCS1. The van der Waals surface area contributed by atoms with Crippen molar-refractivity contribution in [1.82, 2.24) is 4.37 Å².